The Morgan fingerprint density at radius 1 is 1.56 bits per heavy atom. The molecule has 0 aliphatic heterocycles. The number of thiophene rings is 1. The van der Waals surface area contributed by atoms with Crippen molar-refractivity contribution in [1.29, 1.82) is 0 Å². The second kappa shape index (κ2) is 6.39. The van der Waals surface area contributed by atoms with Crippen molar-refractivity contribution in [2.75, 3.05) is 7.11 Å². The highest BCUT2D eigenvalue weighted by atomic mass is 32.1. The Labute approximate surface area is 110 Å². The van der Waals surface area contributed by atoms with Crippen LogP contribution in [0.15, 0.2) is 11.4 Å². The Morgan fingerprint density at radius 3 is 2.67 bits per heavy atom. The summed E-state index contributed by atoms with van der Waals surface area (Å²) in [5.74, 6) is -0.175. The van der Waals surface area contributed by atoms with Gasteiger partial charge in [-0.25, -0.2) is 0 Å². The number of carbonyl (C=O) groups excluding carboxylic acids is 2. The summed E-state index contributed by atoms with van der Waals surface area (Å²) in [4.78, 5) is 23.8. The van der Waals surface area contributed by atoms with Crippen LogP contribution in [0.3, 0.4) is 0 Å². The third kappa shape index (κ3) is 3.46. The lowest BCUT2D eigenvalue weighted by Gasteiger charge is -2.20. The van der Waals surface area contributed by atoms with Crippen molar-refractivity contribution >= 4 is 23.2 Å². The van der Waals surface area contributed by atoms with Crippen molar-refractivity contribution in [1.82, 2.24) is 5.32 Å². The maximum atomic E-state index is 11.9. The van der Waals surface area contributed by atoms with E-state index in [1.807, 2.05) is 13.8 Å². The number of primary amides is 1. The highest BCUT2D eigenvalue weighted by Gasteiger charge is 2.24. The van der Waals surface area contributed by atoms with Crippen LogP contribution in [0.2, 0.25) is 0 Å². The first-order chi connectivity index (χ1) is 8.49. The largest absolute Gasteiger partial charge is 0.496 e. The standard InChI is InChI=1S/C12H18N2O3S/c1-4-7(2)10(11(13)15)14-12(16)9-5-8(17-3)6-18-9/h5-7,10H,4H2,1-3H3,(H2,13,15)(H,14,16)/t7-,10+/m1/s1. The second-order valence-electron chi connectivity index (χ2n) is 4.09. The number of hydrogen-bond acceptors (Lipinski definition) is 4. The number of nitrogens with two attached hydrogens (primary N) is 1. The van der Waals surface area contributed by atoms with Gasteiger partial charge in [0.1, 0.15) is 11.8 Å². The topological polar surface area (TPSA) is 81.4 Å². The number of methoxy groups -OCH3 is 1. The lowest BCUT2D eigenvalue weighted by molar-refractivity contribution is -0.120. The molecule has 3 N–H and O–H groups in total. The molecule has 0 spiro atoms. The predicted octanol–water partition coefficient (Wildman–Crippen LogP) is 1.39. The third-order valence-electron chi connectivity index (χ3n) is 2.84. The SMILES string of the molecule is CC[C@@H](C)[C@H](NC(=O)c1cc(OC)cs1)C(N)=O. The Balaban J connectivity index is 2.75. The summed E-state index contributed by atoms with van der Waals surface area (Å²) in [6.07, 6.45) is 0.766. The van der Waals surface area contributed by atoms with Crippen LogP contribution in [0.4, 0.5) is 0 Å². The van der Waals surface area contributed by atoms with E-state index in [9.17, 15) is 9.59 Å². The molecule has 0 saturated carbocycles. The molecule has 2 atom stereocenters. The van der Waals surface area contributed by atoms with Gasteiger partial charge in [0.15, 0.2) is 0 Å². The van der Waals surface area contributed by atoms with E-state index in [1.165, 1.54) is 18.4 Å². The lowest BCUT2D eigenvalue weighted by Crippen LogP contribution is -2.48. The highest BCUT2D eigenvalue weighted by Crippen LogP contribution is 2.21. The molecule has 18 heavy (non-hydrogen) atoms. The molecule has 0 fully saturated rings. The van der Waals surface area contributed by atoms with Crippen molar-refractivity contribution in [2.24, 2.45) is 11.7 Å². The summed E-state index contributed by atoms with van der Waals surface area (Å²) in [5.41, 5.74) is 5.30. The van der Waals surface area contributed by atoms with Crippen LogP contribution in [0.25, 0.3) is 0 Å². The molecule has 2 amide bonds. The van der Waals surface area contributed by atoms with Crippen molar-refractivity contribution < 1.29 is 14.3 Å². The number of nitrogens with one attached hydrogen (secondary N) is 1. The van der Waals surface area contributed by atoms with Crippen LogP contribution in [0.1, 0.15) is 29.9 Å². The van der Waals surface area contributed by atoms with E-state index in [2.05, 4.69) is 5.32 Å². The van der Waals surface area contributed by atoms with Gasteiger partial charge in [0.2, 0.25) is 5.91 Å². The fourth-order valence-electron chi connectivity index (χ4n) is 1.49. The molecule has 0 bridgehead atoms. The quantitative estimate of drug-likeness (QED) is 0.819. The van der Waals surface area contributed by atoms with Gasteiger partial charge in [0, 0.05) is 11.4 Å². The first-order valence-electron chi connectivity index (χ1n) is 5.72. The number of hydrogen-bond donors (Lipinski definition) is 2. The number of carbonyl (C=O) groups is 2. The van der Waals surface area contributed by atoms with E-state index in [0.29, 0.717) is 10.6 Å². The molecule has 0 saturated heterocycles. The first-order valence-corrected chi connectivity index (χ1v) is 6.60. The predicted molar refractivity (Wildman–Crippen MR) is 70.8 cm³/mol. The van der Waals surface area contributed by atoms with Crippen molar-refractivity contribution in [2.45, 2.75) is 26.3 Å². The molecule has 1 aromatic rings. The molecule has 0 aromatic carbocycles. The van der Waals surface area contributed by atoms with E-state index in [0.717, 1.165) is 6.42 Å². The van der Waals surface area contributed by atoms with Gasteiger partial charge < -0.3 is 15.8 Å². The van der Waals surface area contributed by atoms with E-state index >= 15 is 0 Å². The van der Waals surface area contributed by atoms with Gasteiger partial charge in [-0.05, 0) is 5.92 Å². The molecule has 6 heteroatoms. The van der Waals surface area contributed by atoms with Gasteiger partial charge in [0.25, 0.3) is 5.91 Å². The summed E-state index contributed by atoms with van der Waals surface area (Å²) >= 11 is 1.27. The van der Waals surface area contributed by atoms with Crippen molar-refractivity contribution in [3.05, 3.63) is 16.3 Å². The van der Waals surface area contributed by atoms with E-state index < -0.39 is 11.9 Å². The average molecular weight is 270 g/mol. The fraction of sp³-hybridized carbons (Fsp3) is 0.500. The van der Waals surface area contributed by atoms with Crippen LogP contribution in [-0.2, 0) is 4.79 Å². The molecule has 1 heterocycles. The van der Waals surface area contributed by atoms with E-state index in [4.69, 9.17) is 10.5 Å². The fourth-order valence-corrected chi connectivity index (χ4v) is 2.24. The highest BCUT2D eigenvalue weighted by molar-refractivity contribution is 7.12. The lowest BCUT2D eigenvalue weighted by atomic mass is 9.98. The Morgan fingerprint density at radius 2 is 2.22 bits per heavy atom. The van der Waals surface area contributed by atoms with Crippen LogP contribution in [0.5, 0.6) is 5.75 Å². The first kappa shape index (κ1) is 14.5. The molecule has 0 unspecified atom stereocenters. The summed E-state index contributed by atoms with van der Waals surface area (Å²) in [7, 11) is 1.54. The normalized spacial score (nSPS) is 13.7. The Hall–Kier alpha value is -1.56. The second-order valence-corrected chi connectivity index (χ2v) is 5.00. The Bertz CT molecular complexity index is 431. The summed E-state index contributed by atoms with van der Waals surface area (Å²) in [6.45, 7) is 3.83. The molecule has 1 rings (SSSR count). The summed E-state index contributed by atoms with van der Waals surface area (Å²) < 4.78 is 5.00. The monoisotopic (exact) mass is 270 g/mol. The van der Waals surface area contributed by atoms with E-state index in [1.54, 1.807) is 11.4 Å². The third-order valence-corrected chi connectivity index (χ3v) is 3.75. The molecular weight excluding hydrogens is 252 g/mol. The number of ether oxygens (including phenoxy) is 1. The van der Waals surface area contributed by atoms with Gasteiger partial charge in [0.05, 0.1) is 12.0 Å². The van der Waals surface area contributed by atoms with Crippen LogP contribution in [-0.4, -0.2) is 25.0 Å². The molecule has 0 radical (unpaired) electrons. The summed E-state index contributed by atoms with van der Waals surface area (Å²) in [6, 6.07) is 0.991. The van der Waals surface area contributed by atoms with Crippen LogP contribution >= 0.6 is 11.3 Å². The molecule has 1 aromatic heterocycles. The zero-order valence-electron chi connectivity index (χ0n) is 10.7. The molecule has 100 valence electrons. The van der Waals surface area contributed by atoms with Gasteiger partial charge in [-0.2, -0.15) is 0 Å². The van der Waals surface area contributed by atoms with Crippen molar-refractivity contribution in [3.63, 3.8) is 0 Å². The van der Waals surface area contributed by atoms with Gasteiger partial charge in [-0.1, -0.05) is 20.3 Å². The molecular formula is C12H18N2O3S. The van der Waals surface area contributed by atoms with Crippen molar-refractivity contribution in [3.8, 4) is 5.75 Å². The van der Waals surface area contributed by atoms with Crippen LogP contribution < -0.4 is 15.8 Å². The Kier molecular flexibility index (Phi) is 5.15. The van der Waals surface area contributed by atoms with Gasteiger partial charge in [-0.15, -0.1) is 11.3 Å². The summed E-state index contributed by atoms with van der Waals surface area (Å²) in [5, 5.41) is 4.40. The zero-order chi connectivity index (χ0) is 13.7. The smallest absolute Gasteiger partial charge is 0.262 e. The minimum Gasteiger partial charge on any atom is -0.496 e. The minimum absolute atomic E-state index is 0.00769. The molecule has 0 aliphatic carbocycles. The average Bonchev–Trinajstić information content (AvgIpc) is 2.83. The molecule has 5 nitrogen and oxygen atoms in total. The number of rotatable bonds is 6. The zero-order valence-corrected chi connectivity index (χ0v) is 11.5. The van der Waals surface area contributed by atoms with E-state index in [-0.39, 0.29) is 11.8 Å². The minimum atomic E-state index is -0.643. The van der Waals surface area contributed by atoms with Crippen LogP contribution in [0, 0.1) is 5.92 Å². The molecule has 0 aliphatic rings. The number of amides is 2. The maximum Gasteiger partial charge on any atom is 0.262 e. The van der Waals surface area contributed by atoms with Gasteiger partial charge in [-0.3, -0.25) is 9.59 Å². The maximum absolute atomic E-state index is 11.9. The van der Waals surface area contributed by atoms with Gasteiger partial charge >= 0.3 is 0 Å².